The molecule has 192 valence electrons. The van der Waals surface area contributed by atoms with Crippen molar-refractivity contribution in [2.24, 2.45) is 11.8 Å². The van der Waals surface area contributed by atoms with Crippen LogP contribution in [0.1, 0.15) is 48.8 Å². The molecule has 3 aromatic rings. The van der Waals surface area contributed by atoms with Crippen molar-refractivity contribution in [3.8, 4) is 11.5 Å². The molecule has 1 unspecified atom stereocenters. The molecule has 2 aliphatic heterocycles. The molecule has 2 saturated carbocycles. The molecule has 2 aromatic carbocycles. The highest BCUT2D eigenvalue weighted by Gasteiger charge is 2.72. The largest absolute Gasteiger partial charge is 0.485 e. The summed E-state index contributed by atoms with van der Waals surface area (Å²) in [4.78, 5) is 6.92. The molecular formula is C31H35N3O3. The van der Waals surface area contributed by atoms with Crippen molar-refractivity contribution in [2.75, 3.05) is 13.1 Å². The highest BCUT2D eigenvalue weighted by atomic mass is 16.5. The van der Waals surface area contributed by atoms with E-state index in [4.69, 9.17) is 9.47 Å². The zero-order chi connectivity index (χ0) is 24.6. The summed E-state index contributed by atoms with van der Waals surface area (Å²) in [6.07, 6.45) is 12.0. The summed E-state index contributed by atoms with van der Waals surface area (Å²) in [5.74, 6) is 2.83. The maximum absolute atomic E-state index is 12.8. The zero-order valence-electron chi connectivity index (χ0n) is 21.3. The number of aromatic nitrogens is 2. The first-order chi connectivity index (χ1) is 18.2. The van der Waals surface area contributed by atoms with Gasteiger partial charge in [0.1, 0.15) is 12.7 Å². The number of aliphatic hydroxyl groups is 1. The fourth-order valence-electron chi connectivity index (χ4n) is 8.28. The van der Waals surface area contributed by atoms with Gasteiger partial charge in [0, 0.05) is 43.0 Å². The van der Waals surface area contributed by atoms with Gasteiger partial charge in [-0.1, -0.05) is 36.4 Å². The number of imidazole rings is 1. The molecule has 5 atom stereocenters. The summed E-state index contributed by atoms with van der Waals surface area (Å²) in [6.45, 7) is 3.54. The Morgan fingerprint density at radius 1 is 1.05 bits per heavy atom. The third-order valence-electron chi connectivity index (χ3n) is 10.1. The molecule has 1 aromatic heterocycles. The summed E-state index contributed by atoms with van der Waals surface area (Å²) in [7, 11) is 0. The van der Waals surface area contributed by atoms with Gasteiger partial charge in [0.2, 0.25) is 0 Å². The molecule has 1 spiro atoms. The summed E-state index contributed by atoms with van der Waals surface area (Å²) in [6, 6.07) is 14.9. The summed E-state index contributed by atoms with van der Waals surface area (Å²) < 4.78 is 15.6. The van der Waals surface area contributed by atoms with E-state index in [2.05, 4.69) is 38.7 Å². The van der Waals surface area contributed by atoms with E-state index in [1.54, 1.807) is 0 Å². The van der Waals surface area contributed by atoms with Crippen molar-refractivity contribution >= 4 is 0 Å². The highest BCUT2D eigenvalue weighted by molar-refractivity contribution is 5.63. The van der Waals surface area contributed by atoms with E-state index in [-0.39, 0.29) is 17.6 Å². The number of hydrogen-bond acceptors (Lipinski definition) is 5. The average molecular weight is 498 g/mol. The van der Waals surface area contributed by atoms with Gasteiger partial charge >= 0.3 is 0 Å². The fraction of sp³-hybridized carbons (Fsp3) is 0.516. The van der Waals surface area contributed by atoms with Crippen LogP contribution < -0.4 is 9.47 Å². The van der Waals surface area contributed by atoms with Gasteiger partial charge in [-0.3, -0.25) is 4.90 Å². The second-order valence-corrected chi connectivity index (χ2v) is 12.1. The first-order valence-electron chi connectivity index (χ1n) is 14.1. The van der Waals surface area contributed by atoms with Gasteiger partial charge in [0.15, 0.2) is 11.5 Å². The molecule has 37 heavy (non-hydrogen) atoms. The second kappa shape index (κ2) is 8.08. The molecule has 1 saturated heterocycles. The lowest BCUT2D eigenvalue weighted by Gasteiger charge is -2.64. The molecule has 6 heteroatoms. The van der Waals surface area contributed by atoms with Gasteiger partial charge in [0.05, 0.1) is 17.3 Å². The number of likely N-dealkylation sites (tertiary alicyclic amines) is 1. The van der Waals surface area contributed by atoms with Crippen LogP contribution in [0.2, 0.25) is 0 Å². The summed E-state index contributed by atoms with van der Waals surface area (Å²) >= 11 is 0. The van der Waals surface area contributed by atoms with Crippen LogP contribution in [-0.4, -0.2) is 50.4 Å². The zero-order valence-corrected chi connectivity index (χ0v) is 21.3. The Morgan fingerprint density at radius 2 is 1.95 bits per heavy atom. The normalized spacial score (nSPS) is 33.6. The van der Waals surface area contributed by atoms with Crippen LogP contribution in [0.25, 0.3) is 0 Å². The first-order valence-corrected chi connectivity index (χ1v) is 14.1. The van der Waals surface area contributed by atoms with Gasteiger partial charge < -0.3 is 19.1 Å². The number of piperidine rings is 1. The van der Waals surface area contributed by atoms with Crippen LogP contribution in [0.5, 0.6) is 11.5 Å². The SMILES string of the molecule is OC12CC[C@H](Cn3ccnc3)[C@@H]3Oc4c(OCc5ccccc5)ccc5c4[C@@]31CCN(CC1CC1)[C@@H]2C5. The molecule has 5 aliphatic rings. The summed E-state index contributed by atoms with van der Waals surface area (Å²) in [5, 5.41) is 12.8. The predicted molar refractivity (Wildman–Crippen MR) is 140 cm³/mol. The van der Waals surface area contributed by atoms with Crippen LogP contribution in [0.3, 0.4) is 0 Å². The number of hydrogen-bond donors (Lipinski definition) is 1. The van der Waals surface area contributed by atoms with Crippen LogP contribution in [0.4, 0.5) is 0 Å². The van der Waals surface area contributed by atoms with Crippen molar-refractivity contribution in [3.05, 3.63) is 77.9 Å². The molecule has 6 nitrogen and oxygen atoms in total. The van der Waals surface area contributed by atoms with Crippen LogP contribution in [0.15, 0.2) is 61.2 Å². The van der Waals surface area contributed by atoms with E-state index in [1.165, 1.54) is 24.0 Å². The number of benzene rings is 2. The Morgan fingerprint density at radius 3 is 2.76 bits per heavy atom. The highest BCUT2D eigenvalue weighted by Crippen LogP contribution is 2.66. The molecule has 1 N–H and O–H groups in total. The number of rotatable bonds is 7. The number of nitrogens with zero attached hydrogens (tertiary/aromatic N) is 3. The standard InChI is InChI=1S/C31H35N3O3/c35-31-11-10-24(18-33-15-13-32-20-33)29-30(31)12-14-34(17-21-6-7-21)26(31)16-23-8-9-25(28(37-29)27(23)30)36-19-22-4-2-1-3-5-22/h1-5,8-9,13,15,20-21,24,26,29,35H,6-7,10-12,14,16-19H2/t24-,26-,29+,30+,31?/m1/s1. The Kier molecular flexibility index (Phi) is 4.85. The van der Waals surface area contributed by atoms with Crippen LogP contribution in [0, 0.1) is 11.8 Å². The van der Waals surface area contributed by atoms with Gasteiger partial charge in [-0.2, -0.15) is 0 Å². The van der Waals surface area contributed by atoms with Crippen molar-refractivity contribution < 1.29 is 14.6 Å². The third-order valence-corrected chi connectivity index (χ3v) is 10.1. The van der Waals surface area contributed by atoms with Crippen molar-refractivity contribution in [1.82, 2.24) is 14.5 Å². The quantitative estimate of drug-likeness (QED) is 0.526. The molecule has 3 heterocycles. The van der Waals surface area contributed by atoms with Gasteiger partial charge in [-0.15, -0.1) is 0 Å². The predicted octanol–water partition coefficient (Wildman–Crippen LogP) is 4.34. The maximum Gasteiger partial charge on any atom is 0.165 e. The lowest BCUT2D eigenvalue weighted by molar-refractivity contribution is -0.199. The minimum atomic E-state index is -0.771. The molecule has 3 fully saturated rings. The topological polar surface area (TPSA) is 59.8 Å². The summed E-state index contributed by atoms with van der Waals surface area (Å²) in [5.41, 5.74) is 2.60. The van der Waals surface area contributed by atoms with E-state index >= 15 is 0 Å². The van der Waals surface area contributed by atoms with Crippen molar-refractivity contribution in [1.29, 1.82) is 0 Å². The fourth-order valence-corrected chi connectivity index (χ4v) is 8.28. The molecule has 3 aliphatic carbocycles. The lowest BCUT2D eigenvalue weighted by Crippen LogP contribution is -2.76. The Bertz CT molecular complexity index is 1310. The van der Waals surface area contributed by atoms with Crippen molar-refractivity contribution in [3.63, 3.8) is 0 Å². The lowest BCUT2D eigenvalue weighted by atomic mass is 9.47. The smallest absolute Gasteiger partial charge is 0.165 e. The Hall–Kier alpha value is -2.83. The Labute approximate surface area is 218 Å². The van der Waals surface area contributed by atoms with Gasteiger partial charge in [0.25, 0.3) is 0 Å². The maximum atomic E-state index is 12.8. The molecular weight excluding hydrogens is 462 g/mol. The van der Waals surface area contributed by atoms with E-state index in [1.807, 2.05) is 36.9 Å². The first kappa shape index (κ1) is 22.2. The van der Waals surface area contributed by atoms with E-state index in [0.29, 0.717) is 12.5 Å². The molecule has 2 bridgehead atoms. The van der Waals surface area contributed by atoms with E-state index in [0.717, 1.165) is 68.3 Å². The van der Waals surface area contributed by atoms with Crippen molar-refractivity contribution in [2.45, 2.75) is 74.8 Å². The average Bonchev–Trinajstić information content (AvgIpc) is 3.44. The van der Waals surface area contributed by atoms with Gasteiger partial charge in [-0.25, -0.2) is 4.98 Å². The molecule has 8 rings (SSSR count). The third kappa shape index (κ3) is 3.21. The van der Waals surface area contributed by atoms with E-state index < -0.39 is 5.60 Å². The molecule has 0 amide bonds. The van der Waals surface area contributed by atoms with E-state index in [9.17, 15) is 5.11 Å². The monoisotopic (exact) mass is 497 g/mol. The second-order valence-electron chi connectivity index (χ2n) is 12.1. The Balaban J connectivity index is 1.22. The van der Waals surface area contributed by atoms with Crippen LogP contribution >= 0.6 is 0 Å². The number of ether oxygens (including phenoxy) is 2. The minimum absolute atomic E-state index is 0.0604. The van der Waals surface area contributed by atoms with Gasteiger partial charge in [-0.05, 0) is 68.2 Å². The van der Waals surface area contributed by atoms with Crippen LogP contribution in [-0.2, 0) is 25.0 Å². The molecule has 0 radical (unpaired) electrons. The minimum Gasteiger partial charge on any atom is -0.485 e.